The first-order chi connectivity index (χ1) is 13.1. The topological polar surface area (TPSA) is 44.5 Å². The standard InChI is InChI=1S/C22H32N4O/c1-16-7-4-5-9-22(16)26-18(3)21(17(2)23-26)15-25-14-19-8-6-11-24(19)13-20(25)10-12-27/h4-5,7,9,19-20,27H,6,8,10-15H2,1-3H3/t19-,20+/m1/s1. The monoisotopic (exact) mass is 368 g/mol. The molecule has 0 bridgehead atoms. The molecule has 2 aromatic rings. The van der Waals surface area contributed by atoms with Crippen LogP contribution < -0.4 is 0 Å². The summed E-state index contributed by atoms with van der Waals surface area (Å²) in [5.41, 5.74) is 6.10. The van der Waals surface area contributed by atoms with Crippen molar-refractivity contribution >= 4 is 0 Å². The van der Waals surface area contributed by atoms with Gasteiger partial charge in [0.15, 0.2) is 0 Å². The van der Waals surface area contributed by atoms with Crippen LogP contribution in [0, 0.1) is 20.8 Å². The number of piperazine rings is 1. The van der Waals surface area contributed by atoms with E-state index in [0.717, 1.165) is 37.4 Å². The van der Waals surface area contributed by atoms with Crippen molar-refractivity contribution in [3.05, 3.63) is 46.8 Å². The molecule has 4 rings (SSSR count). The number of aliphatic hydroxyl groups is 1. The van der Waals surface area contributed by atoms with Gasteiger partial charge in [-0.25, -0.2) is 4.68 Å². The lowest BCUT2D eigenvalue weighted by Crippen LogP contribution is -2.55. The maximum atomic E-state index is 9.57. The van der Waals surface area contributed by atoms with Crippen molar-refractivity contribution < 1.29 is 5.11 Å². The van der Waals surface area contributed by atoms with Gasteiger partial charge in [-0.05, 0) is 58.2 Å². The average molecular weight is 369 g/mol. The molecular weight excluding hydrogens is 336 g/mol. The highest BCUT2D eigenvalue weighted by Crippen LogP contribution is 2.29. The van der Waals surface area contributed by atoms with E-state index in [0.29, 0.717) is 12.1 Å². The molecule has 27 heavy (non-hydrogen) atoms. The van der Waals surface area contributed by atoms with E-state index in [9.17, 15) is 5.11 Å². The summed E-state index contributed by atoms with van der Waals surface area (Å²) in [7, 11) is 0. The van der Waals surface area contributed by atoms with E-state index in [4.69, 9.17) is 5.10 Å². The van der Waals surface area contributed by atoms with Crippen molar-refractivity contribution in [3.8, 4) is 5.69 Å². The maximum absolute atomic E-state index is 9.57. The molecule has 2 fully saturated rings. The lowest BCUT2D eigenvalue weighted by molar-refractivity contribution is 0.0331. The second kappa shape index (κ2) is 7.74. The normalized spacial score (nSPS) is 23.7. The van der Waals surface area contributed by atoms with Gasteiger partial charge in [0.05, 0.1) is 11.4 Å². The van der Waals surface area contributed by atoms with Crippen LogP contribution in [0.25, 0.3) is 5.69 Å². The van der Waals surface area contributed by atoms with Gasteiger partial charge in [-0.1, -0.05) is 18.2 Å². The van der Waals surface area contributed by atoms with Gasteiger partial charge >= 0.3 is 0 Å². The minimum atomic E-state index is 0.264. The average Bonchev–Trinajstić information content (AvgIpc) is 3.21. The van der Waals surface area contributed by atoms with Gasteiger partial charge in [-0.3, -0.25) is 9.80 Å². The van der Waals surface area contributed by atoms with Crippen molar-refractivity contribution in [2.75, 3.05) is 26.2 Å². The number of fused-ring (bicyclic) bond motifs is 1. The Morgan fingerprint density at radius 2 is 1.96 bits per heavy atom. The molecule has 0 saturated carbocycles. The van der Waals surface area contributed by atoms with E-state index in [1.165, 1.54) is 36.2 Å². The van der Waals surface area contributed by atoms with Crippen molar-refractivity contribution in [1.29, 1.82) is 0 Å². The minimum absolute atomic E-state index is 0.264. The van der Waals surface area contributed by atoms with Crippen molar-refractivity contribution in [1.82, 2.24) is 19.6 Å². The fourth-order valence-corrected chi connectivity index (χ4v) is 4.91. The molecule has 2 saturated heterocycles. The van der Waals surface area contributed by atoms with Crippen LogP contribution in [0.4, 0.5) is 0 Å². The van der Waals surface area contributed by atoms with Crippen LogP contribution in [-0.4, -0.2) is 63.0 Å². The highest BCUT2D eigenvalue weighted by atomic mass is 16.3. The molecule has 5 heteroatoms. The number of hydrogen-bond donors (Lipinski definition) is 1. The quantitative estimate of drug-likeness (QED) is 0.881. The summed E-state index contributed by atoms with van der Waals surface area (Å²) >= 11 is 0. The zero-order valence-corrected chi connectivity index (χ0v) is 16.9. The largest absolute Gasteiger partial charge is 0.396 e. The zero-order valence-electron chi connectivity index (χ0n) is 16.9. The van der Waals surface area contributed by atoms with Gasteiger partial charge in [0, 0.05) is 49.6 Å². The van der Waals surface area contributed by atoms with Crippen molar-refractivity contribution in [2.45, 2.75) is 58.7 Å². The summed E-state index contributed by atoms with van der Waals surface area (Å²) in [6, 6.07) is 9.56. The number of benzene rings is 1. The second-order valence-corrected chi connectivity index (χ2v) is 8.23. The van der Waals surface area contributed by atoms with Crippen LogP contribution in [-0.2, 0) is 6.54 Å². The molecule has 1 N–H and O–H groups in total. The molecule has 0 radical (unpaired) electrons. The summed E-state index contributed by atoms with van der Waals surface area (Å²) in [5, 5.41) is 14.4. The number of rotatable bonds is 5. The summed E-state index contributed by atoms with van der Waals surface area (Å²) < 4.78 is 2.10. The number of aromatic nitrogens is 2. The smallest absolute Gasteiger partial charge is 0.0678 e. The van der Waals surface area contributed by atoms with Crippen LogP contribution in [0.15, 0.2) is 24.3 Å². The molecule has 0 aliphatic carbocycles. The van der Waals surface area contributed by atoms with E-state index in [-0.39, 0.29) is 6.61 Å². The lowest BCUT2D eigenvalue weighted by atomic mass is 10.0. The van der Waals surface area contributed by atoms with E-state index >= 15 is 0 Å². The Morgan fingerprint density at radius 3 is 2.74 bits per heavy atom. The van der Waals surface area contributed by atoms with E-state index in [1.807, 2.05) is 0 Å². The second-order valence-electron chi connectivity index (χ2n) is 8.23. The van der Waals surface area contributed by atoms with E-state index < -0.39 is 0 Å². The highest BCUT2D eigenvalue weighted by molar-refractivity contribution is 5.42. The molecule has 5 nitrogen and oxygen atoms in total. The van der Waals surface area contributed by atoms with Gasteiger partial charge in [0.1, 0.15) is 0 Å². The molecule has 0 unspecified atom stereocenters. The van der Waals surface area contributed by atoms with Crippen LogP contribution in [0.1, 0.15) is 41.8 Å². The molecular formula is C22H32N4O. The fraction of sp³-hybridized carbons (Fsp3) is 0.591. The maximum Gasteiger partial charge on any atom is 0.0678 e. The SMILES string of the molecule is Cc1ccccc1-n1nc(C)c(CN2C[C@H]3CCCN3C[C@@H]2CCO)c1C. The number of hydrogen-bond acceptors (Lipinski definition) is 4. The first-order valence-electron chi connectivity index (χ1n) is 10.3. The summed E-state index contributed by atoms with van der Waals surface area (Å²) in [6.07, 6.45) is 3.48. The Kier molecular flexibility index (Phi) is 5.35. The number of nitrogens with zero attached hydrogens (tertiary/aromatic N) is 4. The molecule has 2 aliphatic heterocycles. The number of para-hydroxylation sites is 1. The third-order valence-electron chi connectivity index (χ3n) is 6.51. The summed E-state index contributed by atoms with van der Waals surface area (Å²) in [5.74, 6) is 0. The summed E-state index contributed by atoms with van der Waals surface area (Å²) in [6.45, 7) is 11.1. The van der Waals surface area contributed by atoms with Gasteiger partial charge in [-0.15, -0.1) is 0 Å². The first kappa shape index (κ1) is 18.7. The fourth-order valence-electron chi connectivity index (χ4n) is 4.91. The third kappa shape index (κ3) is 3.56. The minimum Gasteiger partial charge on any atom is -0.396 e. The van der Waals surface area contributed by atoms with Gasteiger partial charge in [0.2, 0.25) is 0 Å². The van der Waals surface area contributed by atoms with E-state index in [2.05, 4.69) is 59.5 Å². The molecule has 2 atom stereocenters. The van der Waals surface area contributed by atoms with Gasteiger partial charge < -0.3 is 5.11 Å². The lowest BCUT2D eigenvalue weighted by Gasteiger charge is -2.43. The zero-order chi connectivity index (χ0) is 19.0. The molecule has 146 valence electrons. The van der Waals surface area contributed by atoms with Crippen molar-refractivity contribution in [3.63, 3.8) is 0 Å². The van der Waals surface area contributed by atoms with Crippen LogP contribution >= 0.6 is 0 Å². The Balaban J connectivity index is 1.61. The highest BCUT2D eigenvalue weighted by Gasteiger charge is 2.36. The molecule has 0 amide bonds. The molecule has 0 spiro atoms. The summed E-state index contributed by atoms with van der Waals surface area (Å²) in [4.78, 5) is 5.23. The van der Waals surface area contributed by atoms with Crippen LogP contribution in [0.5, 0.6) is 0 Å². The van der Waals surface area contributed by atoms with Gasteiger partial charge in [0.25, 0.3) is 0 Å². The molecule has 3 heterocycles. The first-order valence-corrected chi connectivity index (χ1v) is 10.3. The number of aliphatic hydroxyl groups excluding tert-OH is 1. The Hall–Kier alpha value is -1.69. The Bertz CT molecular complexity index is 800. The molecule has 2 aliphatic rings. The third-order valence-corrected chi connectivity index (χ3v) is 6.51. The Labute approximate surface area is 162 Å². The predicted molar refractivity (Wildman–Crippen MR) is 108 cm³/mol. The Morgan fingerprint density at radius 1 is 1.15 bits per heavy atom. The van der Waals surface area contributed by atoms with Crippen LogP contribution in [0.3, 0.4) is 0 Å². The number of aryl methyl sites for hydroxylation is 2. The van der Waals surface area contributed by atoms with Gasteiger partial charge in [-0.2, -0.15) is 5.10 Å². The molecule has 1 aromatic carbocycles. The predicted octanol–water partition coefficient (Wildman–Crippen LogP) is 2.83. The van der Waals surface area contributed by atoms with Crippen molar-refractivity contribution in [2.24, 2.45) is 0 Å². The van der Waals surface area contributed by atoms with E-state index in [1.54, 1.807) is 0 Å². The van der Waals surface area contributed by atoms with Crippen LogP contribution in [0.2, 0.25) is 0 Å². The molecule has 1 aromatic heterocycles.